The Labute approximate surface area is 194 Å². The van der Waals surface area contributed by atoms with Crippen molar-refractivity contribution in [3.63, 3.8) is 0 Å². The number of hydrogen-bond acceptors (Lipinski definition) is 9. The van der Waals surface area contributed by atoms with Crippen LogP contribution >= 0.6 is 11.8 Å². The number of nitrogens with two attached hydrogens (primary N) is 1. The number of anilines is 1. The number of aromatic nitrogens is 5. The highest BCUT2D eigenvalue weighted by Crippen LogP contribution is 2.25. The van der Waals surface area contributed by atoms with Gasteiger partial charge in [0.05, 0.1) is 11.9 Å². The third kappa shape index (κ3) is 5.26. The molecule has 33 heavy (non-hydrogen) atoms. The molecule has 0 radical (unpaired) electrons. The summed E-state index contributed by atoms with van der Waals surface area (Å²) >= 11 is 1.51. The Hall–Kier alpha value is -3.99. The first-order chi connectivity index (χ1) is 16.0. The van der Waals surface area contributed by atoms with Crippen molar-refractivity contribution in [1.29, 1.82) is 0 Å². The smallest absolute Gasteiger partial charge is 0.293 e. The highest BCUT2D eigenvalue weighted by molar-refractivity contribution is 7.98. The lowest BCUT2D eigenvalue weighted by Gasteiger charge is -2.06. The Morgan fingerprint density at radius 1 is 1.18 bits per heavy atom. The van der Waals surface area contributed by atoms with Crippen LogP contribution in [-0.4, -0.2) is 37.4 Å². The Kier molecular flexibility index (Phi) is 6.79. The van der Waals surface area contributed by atoms with E-state index < -0.39 is 5.91 Å². The van der Waals surface area contributed by atoms with Crippen molar-refractivity contribution in [3.05, 3.63) is 77.1 Å². The maximum atomic E-state index is 12.8. The number of carbonyl (C=O) groups excluding carboxylic acids is 1. The zero-order chi connectivity index (χ0) is 23.2. The molecule has 0 spiro atoms. The molecule has 0 aliphatic rings. The zero-order valence-electron chi connectivity index (χ0n) is 18.0. The predicted octanol–water partition coefficient (Wildman–Crippen LogP) is 3.41. The molecule has 0 aliphatic carbocycles. The van der Waals surface area contributed by atoms with Crippen LogP contribution in [0.15, 0.2) is 69.2 Å². The normalized spacial score (nSPS) is 11.4. The van der Waals surface area contributed by atoms with E-state index >= 15 is 0 Å². The van der Waals surface area contributed by atoms with E-state index in [1.807, 2.05) is 54.6 Å². The molecule has 0 saturated carbocycles. The number of thioether (sulfide) groups is 1. The standard InChI is InChI=1S/C22H22N8O2S/c1-14(2)16-10-8-15(9-11-16)12-24-26-22(31)19-18(13-33-17-6-4-3-5-7-17)30(29-25-19)21-20(23)27-32-28-21/h3-12,14H,13H2,1-2H3,(H2,23,27)(H,26,31)/b24-12-. The summed E-state index contributed by atoms with van der Waals surface area (Å²) in [6.07, 6.45) is 1.57. The van der Waals surface area contributed by atoms with Gasteiger partial charge in [-0.2, -0.15) is 9.78 Å². The summed E-state index contributed by atoms with van der Waals surface area (Å²) in [5, 5.41) is 19.5. The van der Waals surface area contributed by atoms with E-state index in [0.717, 1.165) is 10.5 Å². The van der Waals surface area contributed by atoms with Gasteiger partial charge in [0.2, 0.25) is 11.6 Å². The second-order valence-corrected chi connectivity index (χ2v) is 8.44. The quantitative estimate of drug-likeness (QED) is 0.231. The molecule has 4 aromatic rings. The number of hydrazone groups is 1. The lowest BCUT2D eigenvalue weighted by molar-refractivity contribution is 0.0949. The van der Waals surface area contributed by atoms with Crippen LogP contribution < -0.4 is 11.2 Å². The van der Waals surface area contributed by atoms with Gasteiger partial charge in [-0.05, 0) is 39.5 Å². The van der Waals surface area contributed by atoms with Gasteiger partial charge in [-0.3, -0.25) is 4.79 Å². The molecule has 0 aliphatic heterocycles. The van der Waals surface area contributed by atoms with Gasteiger partial charge in [0.25, 0.3) is 5.91 Å². The number of carbonyl (C=O) groups is 1. The maximum absolute atomic E-state index is 12.8. The minimum Gasteiger partial charge on any atom is -0.378 e. The first kappa shape index (κ1) is 22.2. The summed E-state index contributed by atoms with van der Waals surface area (Å²) in [4.78, 5) is 13.9. The Bertz CT molecular complexity index is 1250. The number of benzene rings is 2. The summed E-state index contributed by atoms with van der Waals surface area (Å²) in [6, 6.07) is 17.7. The molecule has 2 aromatic carbocycles. The Morgan fingerprint density at radius 2 is 1.94 bits per heavy atom. The molecule has 168 valence electrons. The van der Waals surface area contributed by atoms with Crippen molar-refractivity contribution in [3.8, 4) is 5.82 Å². The third-order valence-corrected chi connectivity index (χ3v) is 5.80. The lowest BCUT2D eigenvalue weighted by Crippen LogP contribution is -2.20. The van der Waals surface area contributed by atoms with Gasteiger partial charge in [0.15, 0.2) is 5.69 Å². The fourth-order valence-electron chi connectivity index (χ4n) is 2.97. The van der Waals surface area contributed by atoms with E-state index in [2.05, 4.69) is 49.6 Å². The first-order valence-electron chi connectivity index (χ1n) is 10.2. The van der Waals surface area contributed by atoms with E-state index in [4.69, 9.17) is 5.73 Å². The SMILES string of the molecule is CC(C)c1ccc(/C=N\NC(=O)c2nnn(-c3nonc3N)c2CSc2ccccc2)cc1. The second kappa shape index (κ2) is 10.1. The fraction of sp³-hybridized carbons (Fsp3) is 0.182. The minimum atomic E-state index is -0.505. The molecule has 1 amide bonds. The van der Waals surface area contributed by atoms with Gasteiger partial charge in [0, 0.05) is 10.6 Å². The molecule has 0 atom stereocenters. The van der Waals surface area contributed by atoms with Crippen LogP contribution in [0.5, 0.6) is 0 Å². The lowest BCUT2D eigenvalue weighted by atomic mass is 10.0. The van der Waals surface area contributed by atoms with Crippen LogP contribution in [-0.2, 0) is 5.75 Å². The molecule has 0 saturated heterocycles. The largest absolute Gasteiger partial charge is 0.378 e. The van der Waals surface area contributed by atoms with Crippen LogP contribution in [0.1, 0.15) is 47.1 Å². The van der Waals surface area contributed by atoms with Crippen LogP contribution in [0.4, 0.5) is 5.82 Å². The summed E-state index contributed by atoms with van der Waals surface area (Å²) in [7, 11) is 0. The van der Waals surface area contributed by atoms with E-state index in [1.54, 1.807) is 6.21 Å². The maximum Gasteiger partial charge on any atom is 0.293 e. The van der Waals surface area contributed by atoms with Crippen LogP contribution in [0.3, 0.4) is 0 Å². The van der Waals surface area contributed by atoms with E-state index in [0.29, 0.717) is 17.4 Å². The molecule has 2 aromatic heterocycles. The molecule has 3 N–H and O–H groups in total. The van der Waals surface area contributed by atoms with Crippen molar-refractivity contribution >= 4 is 29.7 Å². The van der Waals surface area contributed by atoms with Gasteiger partial charge in [0.1, 0.15) is 0 Å². The van der Waals surface area contributed by atoms with E-state index in [-0.39, 0.29) is 17.3 Å². The number of nitrogens with one attached hydrogen (secondary N) is 1. The first-order valence-corrected chi connectivity index (χ1v) is 11.2. The topological polar surface area (TPSA) is 137 Å². The third-order valence-electron chi connectivity index (χ3n) is 4.78. The van der Waals surface area contributed by atoms with Crippen LogP contribution in [0.2, 0.25) is 0 Å². The predicted molar refractivity (Wildman–Crippen MR) is 125 cm³/mol. The fourth-order valence-corrected chi connectivity index (χ4v) is 3.88. The van der Waals surface area contributed by atoms with Gasteiger partial charge in [-0.15, -0.1) is 16.9 Å². The van der Waals surface area contributed by atoms with Gasteiger partial charge in [-0.25, -0.2) is 10.1 Å². The molecule has 10 nitrogen and oxygen atoms in total. The average molecular weight is 463 g/mol. The van der Waals surface area contributed by atoms with Crippen molar-refractivity contribution in [2.45, 2.75) is 30.4 Å². The molecule has 11 heteroatoms. The molecule has 0 fully saturated rings. The van der Waals surface area contributed by atoms with Crippen molar-refractivity contribution < 1.29 is 9.42 Å². The highest BCUT2D eigenvalue weighted by Gasteiger charge is 2.24. The van der Waals surface area contributed by atoms with Crippen molar-refractivity contribution in [2.24, 2.45) is 5.10 Å². The minimum absolute atomic E-state index is 0.0423. The van der Waals surface area contributed by atoms with Crippen molar-refractivity contribution in [2.75, 3.05) is 5.73 Å². The zero-order valence-corrected chi connectivity index (χ0v) is 18.9. The molecule has 4 rings (SSSR count). The number of hydrogen-bond donors (Lipinski definition) is 2. The van der Waals surface area contributed by atoms with E-state index in [1.165, 1.54) is 22.0 Å². The van der Waals surface area contributed by atoms with E-state index in [9.17, 15) is 4.79 Å². The number of amides is 1. The van der Waals surface area contributed by atoms with Crippen LogP contribution in [0, 0.1) is 0 Å². The number of rotatable bonds is 8. The van der Waals surface area contributed by atoms with Gasteiger partial charge < -0.3 is 5.73 Å². The summed E-state index contributed by atoms with van der Waals surface area (Å²) in [6.45, 7) is 4.26. The average Bonchev–Trinajstić information content (AvgIpc) is 3.44. The molecular formula is C22H22N8O2S. The van der Waals surface area contributed by atoms with Crippen LogP contribution in [0.25, 0.3) is 5.82 Å². The summed E-state index contributed by atoms with van der Waals surface area (Å²) in [5.74, 6) is 0.529. The van der Waals surface area contributed by atoms with Gasteiger partial charge in [-0.1, -0.05) is 61.5 Å². The second-order valence-electron chi connectivity index (χ2n) is 7.39. The molecule has 2 heterocycles. The number of nitrogen functional groups attached to an aromatic ring is 1. The molecule has 0 bridgehead atoms. The molecular weight excluding hydrogens is 440 g/mol. The van der Waals surface area contributed by atoms with Crippen molar-refractivity contribution in [1.82, 2.24) is 30.7 Å². The summed E-state index contributed by atoms with van der Waals surface area (Å²) in [5.41, 5.74) is 11.0. The van der Waals surface area contributed by atoms with Gasteiger partial charge >= 0.3 is 0 Å². The Morgan fingerprint density at radius 3 is 2.61 bits per heavy atom. The highest BCUT2D eigenvalue weighted by atomic mass is 32.2. The molecule has 0 unspecified atom stereocenters. The Balaban J connectivity index is 1.53. The summed E-state index contributed by atoms with van der Waals surface area (Å²) < 4.78 is 6.03. The monoisotopic (exact) mass is 462 g/mol. The number of nitrogens with zero attached hydrogens (tertiary/aromatic N) is 6.